The number of anilines is 1. The van der Waals surface area contributed by atoms with Gasteiger partial charge in [0.25, 0.3) is 0 Å². The van der Waals surface area contributed by atoms with Crippen LogP contribution < -0.4 is 10.1 Å². The van der Waals surface area contributed by atoms with Crippen molar-refractivity contribution in [1.29, 1.82) is 0 Å². The predicted octanol–water partition coefficient (Wildman–Crippen LogP) is 1.05. The van der Waals surface area contributed by atoms with Crippen LogP contribution in [0, 0.1) is 0 Å². The molecule has 7 heteroatoms. The van der Waals surface area contributed by atoms with Gasteiger partial charge in [0.05, 0.1) is 18.8 Å². The van der Waals surface area contributed by atoms with Crippen LogP contribution in [0.5, 0.6) is 5.88 Å². The van der Waals surface area contributed by atoms with E-state index in [0.29, 0.717) is 23.1 Å². The zero-order valence-corrected chi connectivity index (χ0v) is 9.08. The smallest absolute Gasteiger partial charge is 0.242 e. The lowest BCUT2D eigenvalue weighted by Gasteiger charge is -2.03. The minimum atomic E-state index is 0.446. The third kappa shape index (κ3) is 1.73. The van der Waals surface area contributed by atoms with Crippen LogP contribution in [0.3, 0.4) is 0 Å². The van der Waals surface area contributed by atoms with Crippen molar-refractivity contribution in [1.82, 2.24) is 18.7 Å². The molecule has 1 N–H and O–H groups in total. The minimum Gasteiger partial charge on any atom is -0.479 e. The zero-order chi connectivity index (χ0) is 10.7. The number of methoxy groups -OCH3 is 1. The van der Waals surface area contributed by atoms with Crippen LogP contribution in [-0.4, -0.2) is 32.9 Å². The number of hydrogen-bond acceptors (Lipinski definition) is 7. The zero-order valence-electron chi connectivity index (χ0n) is 8.26. The quantitative estimate of drug-likeness (QED) is 0.838. The third-order valence-corrected chi connectivity index (χ3v) is 2.34. The van der Waals surface area contributed by atoms with E-state index in [4.69, 9.17) is 4.74 Å². The fourth-order valence-corrected chi connectivity index (χ4v) is 1.70. The summed E-state index contributed by atoms with van der Waals surface area (Å²) < 4.78 is 13.3. The second kappa shape index (κ2) is 4.18. The van der Waals surface area contributed by atoms with Crippen molar-refractivity contribution in [3.8, 4) is 17.3 Å². The van der Waals surface area contributed by atoms with Gasteiger partial charge >= 0.3 is 0 Å². The highest BCUT2D eigenvalue weighted by Gasteiger charge is 2.15. The highest BCUT2D eigenvalue weighted by Crippen LogP contribution is 2.29. The van der Waals surface area contributed by atoms with E-state index < -0.39 is 0 Å². The van der Waals surface area contributed by atoms with E-state index in [0.717, 1.165) is 11.7 Å². The van der Waals surface area contributed by atoms with Crippen LogP contribution >= 0.6 is 11.7 Å². The van der Waals surface area contributed by atoms with Gasteiger partial charge in [0, 0.05) is 19.4 Å². The van der Waals surface area contributed by atoms with Crippen LogP contribution in [0.4, 0.5) is 5.82 Å². The number of rotatable bonds is 3. The lowest BCUT2D eigenvalue weighted by atomic mass is 10.3. The first kappa shape index (κ1) is 9.78. The Labute approximate surface area is 90.7 Å². The van der Waals surface area contributed by atoms with E-state index in [-0.39, 0.29) is 0 Å². The number of nitrogens with zero attached hydrogens (tertiary/aromatic N) is 4. The molecule has 0 aliphatic heterocycles. The van der Waals surface area contributed by atoms with Crippen molar-refractivity contribution in [2.24, 2.45) is 0 Å². The summed E-state index contributed by atoms with van der Waals surface area (Å²) in [5.41, 5.74) is 1.26. The SMILES string of the molecule is CNc1nsnc1-c1nccnc1OC. The molecule has 0 unspecified atom stereocenters. The van der Waals surface area contributed by atoms with E-state index in [2.05, 4.69) is 24.0 Å². The molecule has 0 bridgehead atoms. The predicted molar refractivity (Wildman–Crippen MR) is 57.0 cm³/mol. The molecule has 0 saturated carbocycles. The lowest BCUT2D eigenvalue weighted by Crippen LogP contribution is -1.97. The summed E-state index contributed by atoms with van der Waals surface area (Å²) in [6, 6.07) is 0. The fourth-order valence-electron chi connectivity index (χ4n) is 1.15. The van der Waals surface area contributed by atoms with Crippen LogP contribution in [0.15, 0.2) is 12.4 Å². The molecule has 0 aromatic carbocycles. The van der Waals surface area contributed by atoms with E-state index >= 15 is 0 Å². The van der Waals surface area contributed by atoms with Gasteiger partial charge in [-0.3, -0.25) is 0 Å². The van der Waals surface area contributed by atoms with E-state index in [9.17, 15) is 0 Å². The van der Waals surface area contributed by atoms with Crippen molar-refractivity contribution in [3.63, 3.8) is 0 Å². The molecule has 0 radical (unpaired) electrons. The molecule has 0 saturated heterocycles. The number of aromatic nitrogens is 4. The maximum atomic E-state index is 5.10. The van der Waals surface area contributed by atoms with Gasteiger partial charge in [0.15, 0.2) is 17.2 Å². The fraction of sp³-hybridized carbons (Fsp3) is 0.250. The normalized spacial score (nSPS) is 10.0. The summed E-state index contributed by atoms with van der Waals surface area (Å²) in [5.74, 6) is 1.13. The highest BCUT2D eigenvalue weighted by molar-refractivity contribution is 6.99. The minimum absolute atomic E-state index is 0.446. The molecule has 0 fully saturated rings. The maximum Gasteiger partial charge on any atom is 0.242 e. The molecule has 0 aliphatic carbocycles. The molecule has 0 aliphatic rings. The molecular weight excluding hydrogens is 214 g/mol. The van der Waals surface area contributed by atoms with Gasteiger partial charge in [-0.25, -0.2) is 9.97 Å². The van der Waals surface area contributed by atoms with Gasteiger partial charge in [-0.05, 0) is 0 Å². The molecule has 2 aromatic rings. The molecule has 2 heterocycles. The molecule has 2 aromatic heterocycles. The Bertz CT molecular complexity index is 458. The van der Waals surface area contributed by atoms with Gasteiger partial charge in [0.1, 0.15) is 0 Å². The average molecular weight is 223 g/mol. The van der Waals surface area contributed by atoms with E-state index in [1.54, 1.807) is 26.6 Å². The molecule has 2 rings (SSSR count). The second-order valence-electron chi connectivity index (χ2n) is 2.63. The van der Waals surface area contributed by atoms with Crippen molar-refractivity contribution >= 4 is 17.5 Å². The molecule has 15 heavy (non-hydrogen) atoms. The molecule has 0 atom stereocenters. The average Bonchev–Trinajstić information content (AvgIpc) is 2.76. The summed E-state index contributed by atoms with van der Waals surface area (Å²) >= 11 is 1.12. The molecule has 78 valence electrons. The number of hydrogen-bond donors (Lipinski definition) is 1. The third-order valence-electron chi connectivity index (χ3n) is 1.81. The second-order valence-corrected chi connectivity index (χ2v) is 3.15. The monoisotopic (exact) mass is 223 g/mol. The first-order valence-electron chi connectivity index (χ1n) is 4.22. The molecule has 0 spiro atoms. The summed E-state index contributed by atoms with van der Waals surface area (Å²) in [7, 11) is 3.33. The van der Waals surface area contributed by atoms with Crippen molar-refractivity contribution in [2.75, 3.05) is 19.5 Å². The van der Waals surface area contributed by atoms with Crippen molar-refractivity contribution in [2.45, 2.75) is 0 Å². The van der Waals surface area contributed by atoms with Crippen molar-refractivity contribution in [3.05, 3.63) is 12.4 Å². The van der Waals surface area contributed by atoms with E-state index in [1.165, 1.54) is 0 Å². The van der Waals surface area contributed by atoms with Gasteiger partial charge < -0.3 is 10.1 Å². The Morgan fingerprint density at radius 2 is 2.00 bits per heavy atom. The Hall–Kier alpha value is -1.76. The lowest BCUT2D eigenvalue weighted by molar-refractivity contribution is 0.397. The van der Waals surface area contributed by atoms with Crippen LogP contribution in [0.1, 0.15) is 0 Å². The Kier molecular flexibility index (Phi) is 2.72. The van der Waals surface area contributed by atoms with Crippen LogP contribution in [0.25, 0.3) is 11.4 Å². The van der Waals surface area contributed by atoms with E-state index in [1.807, 2.05) is 0 Å². The standard InChI is InChI=1S/C8H9N5OS/c1-9-7-5(12-15-13-7)6-8(14-2)11-4-3-10-6/h3-4H,1-2H3,(H,9,13). The first-order valence-corrected chi connectivity index (χ1v) is 4.95. The first-order chi connectivity index (χ1) is 7.36. The Morgan fingerprint density at radius 3 is 2.73 bits per heavy atom. The van der Waals surface area contributed by atoms with Crippen molar-refractivity contribution < 1.29 is 4.74 Å². The van der Waals surface area contributed by atoms with Crippen LogP contribution in [0.2, 0.25) is 0 Å². The Morgan fingerprint density at radius 1 is 1.20 bits per heavy atom. The summed E-state index contributed by atoms with van der Waals surface area (Å²) in [6.07, 6.45) is 3.16. The summed E-state index contributed by atoms with van der Waals surface area (Å²) in [6.45, 7) is 0. The maximum absolute atomic E-state index is 5.10. The molecule has 0 amide bonds. The largest absolute Gasteiger partial charge is 0.479 e. The highest BCUT2D eigenvalue weighted by atomic mass is 32.1. The van der Waals surface area contributed by atoms with Gasteiger partial charge in [-0.2, -0.15) is 8.75 Å². The topological polar surface area (TPSA) is 72.8 Å². The van der Waals surface area contributed by atoms with Gasteiger partial charge in [-0.1, -0.05) is 0 Å². The number of ether oxygens (including phenoxy) is 1. The summed E-state index contributed by atoms with van der Waals surface area (Å²) in [5, 5.41) is 2.94. The molecule has 6 nitrogen and oxygen atoms in total. The summed E-state index contributed by atoms with van der Waals surface area (Å²) in [4.78, 5) is 8.23. The van der Waals surface area contributed by atoms with Gasteiger partial charge in [0.2, 0.25) is 5.88 Å². The van der Waals surface area contributed by atoms with Gasteiger partial charge in [-0.15, -0.1) is 0 Å². The number of nitrogens with one attached hydrogen (secondary N) is 1. The van der Waals surface area contributed by atoms with Crippen LogP contribution in [-0.2, 0) is 0 Å². The molecular formula is C8H9N5OS. The Balaban J connectivity index is 2.53.